The van der Waals surface area contributed by atoms with Gasteiger partial charge in [-0.05, 0) is 48.5 Å². The van der Waals surface area contributed by atoms with Gasteiger partial charge in [0.2, 0.25) is 5.82 Å². The number of rotatable bonds is 5. The Labute approximate surface area is 174 Å². The van der Waals surface area contributed by atoms with Gasteiger partial charge < -0.3 is 15.5 Å². The molecule has 2 aromatic heterocycles. The van der Waals surface area contributed by atoms with Gasteiger partial charge in [-0.3, -0.25) is 14.0 Å². The molecule has 0 aliphatic heterocycles. The number of imidazole rings is 1. The summed E-state index contributed by atoms with van der Waals surface area (Å²) in [5.41, 5.74) is 3.07. The van der Waals surface area contributed by atoms with Crippen LogP contribution in [0.3, 0.4) is 0 Å². The molecule has 0 saturated carbocycles. The molecule has 2 heterocycles. The highest BCUT2D eigenvalue weighted by Gasteiger charge is 2.21. The van der Waals surface area contributed by atoms with Crippen molar-refractivity contribution in [2.24, 2.45) is 0 Å². The predicted molar refractivity (Wildman–Crippen MR) is 118 cm³/mol. The Morgan fingerprint density at radius 3 is 2.13 bits per heavy atom. The number of hydrogen-bond acceptors (Lipinski definition) is 4. The Morgan fingerprint density at radius 2 is 1.43 bits per heavy atom. The lowest BCUT2D eigenvalue weighted by atomic mass is 10.2. The summed E-state index contributed by atoms with van der Waals surface area (Å²) in [6.07, 6.45) is 1.71. The first-order valence-electron chi connectivity index (χ1n) is 9.45. The van der Waals surface area contributed by atoms with E-state index in [2.05, 4.69) is 15.6 Å². The molecule has 150 valence electrons. The molecule has 2 aromatic carbocycles. The van der Waals surface area contributed by atoms with Gasteiger partial charge in [0.15, 0.2) is 5.69 Å². The first-order valence-corrected chi connectivity index (χ1v) is 9.45. The Hall–Kier alpha value is -4.13. The van der Waals surface area contributed by atoms with Crippen LogP contribution >= 0.6 is 0 Å². The number of anilines is 3. The van der Waals surface area contributed by atoms with E-state index in [4.69, 9.17) is 0 Å². The first kappa shape index (κ1) is 19.2. The molecule has 0 spiro atoms. The van der Waals surface area contributed by atoms with Crippen LogP contribution < -0.4 is 15.5 Å². The van der Waals surface area contributed by atoms with E-state index in [1.807, 2.05) is 61.5 Å². The lowest BCUT2D eigenvalue weighted by Gasteiger charge is -2.12. The van der Waals surface area contributed by atoms with Gasteiger partial charge in [0.1, 0.15) is 0 Å². The lowest BCUT2D eigenvalue weighted by molar-refractivity contribution is 0.101. The standard InChI is InChI=1S/C23H21N5O2/c1-27(2)18-13-11-17(12-14-18)25-23(30)21-26-20(19-10-6-7-15-28(19)21)22(29)24-16-8-4-3-5-9-16/h3-15H,1-2H3,(H,24,29)(H,25,30). The minimum absolute atomic E-state index is 0.139. The zero-order valence-electron chi connectivity index (χ0n) is 16.7. The number of benzene rings is 2. The summed E-state index contributed by atoms with van der Waals surface area (Å²) in [6.45, 7) is 0. The average Bonchev–Trinajstić information content (AvgIpc) is 3.15. The number of hydrogen-bond donors (Lipinski definition) is 2. The summed E-state index contributed by atoms with van der Waals surface area (Å²) in [7, 11) is 3.90. The van der Waals surface area contributed by atoms with Crippen molar-refractivity contribution in [3.63, 3.8) is 0 Å². The summed E-state index contributed by atoms with van der Waals surface area (Å²) in [6, 6.07) is 22.0. The van der Waals surface area contributed by atoms with Gasteiger partial charge in [-0.2, -0.15) is 0 Å². The fourth-order valence-corrected chi connectivity index (χ4v) is 3.11. The summed E-state index contributed by atoms with van der Waals surface area (Å²) < 4.78 is 1.61. The number of pyridine rings is 1. The van der Waals surface area contributed by atoms with Gasteiger partial charge in [-0.15, -0.1) is 0 Å². The van der Waals surface area contributed by atoms with Crippen molar-refractivity contribution >= 4 is 34.4 Å². The lowest BCUT2D eigenvalue weighted by Crippen LogP contribution is -2.16. The van der Waals surface area contributed by atoms with E-state index in [1.165, 1.54) is 0 Å². The van der Waals surface area contributed by atoms with Crippen LogP contribution in [0.4, 0.5) is 17.1 Å². The van der Waals surface area contributed by atoms with Crippen molar-refractivity contribution in [2.45, 2.75) is 0 Å². The van der Waals surface area contributed by atoms with Crippen molar-refractivity contribution in [3.8, 4) is 0 Å². The van der Waals surface area contributed by atoms with Gasteiger partial charge in [0, 0.05) is 37.4 Å². The second-order valence-electron chi connectivity index (χ2n) is 6.96. The molecule has 4 rings (SSSR count). The van der Waals surface area contributed by atoms with Crippen molar-refractivity contribution in [1.29, 1.82) is 0 Å². The SMILES string of the molecule is CN(C)c1ccc(NC(=O)c2nc(C(=O)Nc3ccccc3)c3ccccn23)cc1. The third-order valence-electron chi connectivity index (χ3n) is 4.64. The molecular formula is C23H21N5O2. The Morgan fingerprint density at radius 1 is 0.800 bits per heavy atom. The van der Waals surface area contributed by atoms with Gasteiger partial charge in [0.05, 0.1) is 5.52 Å². The van der Waals surface area contributed by atoms with Crippen molar-refractivity contribution in [1.82, 2.24) is 9.38 Å². The Kier molecular flexibility index (Phi) is 5.17. The van der Waals surface area contributed by atoms with Crippen LogP contribution in [0.25, 0.3) is 5.52 Å². The van der Waals surface area contributed by atoms with E-state index in [1.54, 1.807) is 40.9 Å². The Bertz CT molecular complexity index is 1200. The topological polar surface area (TPSA) is 78.7 Å². The Balaban J connectivity index is 1.62. The van der Waals surface area contributed by atoms with Crippen LogP contribution in [0.15, 0.2) is 79.0 Å². The highest BCUT2D eigenvalue weighted by molar-refractivity contribution is 6.10. The normalized spacial score (nSPS) is 10.6. The molecule has 0 saturated heterocycles. The largest absolute Gasteiger partial charge is 0.378 e. The summed E-state index contributed by atoms with van der Waals surface area (Å²) in [4.78, 5) is 32.0. The molecule has 0 fully saturated rings. The number of nitrogens with one attached hydrogen (secondary N) is 2. The molecule has 0 unspecified atom stereocenters. The molecule has 0 atom stereocenters. The van der Waals surface area contributed by atoms with E-state index in [9.17, 15) is 9.59 Å². The molecule has 2 amide bonds. The molecule has 0 aliphatic rings. The number of carbonyl (C=O) groups is 2. The minimum Gasteiger partial charge on any atom is -0.378 e. The van der Waals surface area contributed by atoms with Crippen molar-refractivity contribution in [2.75, 3.05) is 29.6 Å². The average molecular weight is 399 g/mol. The van der Waals surface area contributed by atoms with Gasteiger partial charge in [0.25, 0.3) is 11.8 Å². The summed E-state index contributed by atoms with van der Waals surface area (Å²) in [5, 5.41) is 5.66. The molecule has 7 nitrogen and oxygen atoms in total. The van der Waals surface area contributed by atoms with Gasteiger partial charge in [-0.1, -0.05) is 24.3 Å². The maximum atomic E-state index is 12.9. The number of carbonyl (C=O) groups excluding carboxylic acids is 2. The highest BCUT2D eigenvalue weighted by Crippen LogP contribution is 2.19. The van der Waals surface area contributed by atoms with Crippen LogP contribution in [0.2, 0.25) is 0 Å². The van der Waals surface area contributed by atoms with Gasteiger partial charge in [-0.25, -0.2) is 4.98 Å². The zero-order valence-corrected chi connectivity index (χ0v) is 16.7. The van der Waals surface area contributed by atoms with E-state index in [-0.39, 0.29) is 17.4 Å². The van der Waals surface area contributed by atoms with Crippen molar-refractivity contribution < 1.29 is 9.59 Å². The molecule has 0 radical (unpaired) electrons. The fraction of sp³-hybridized carbons (Fsp3) is 0.0870. The molecule has 30 heavy (non-hydrogen) atoms. The smallest absolute Gasteiger partial charge is 0.292 e. The number of amides is 2. The summed E-state index contributed by atoms with van der Waals surface area (Å²) in [5.74, 6) is -0.632. The van der Waals surface area contributed by atoms with Crippen LogP contribution in [0.1, 0.15) is 21.1 Å². The molecule has 0 bridgehead atoms. The minimum atomic E-state index is -0.396. The molecule has 2 N–H and O–H groups in total. The van der Waals surface area contributed by atoms with E-state index in [0.29, 0.717) is 16.9 Å². The number of aromatic nitrogens is 2. The van der Waals surface area contributed by atoms with E-state index < -0.39 is 5.91 Å². The molecule has 4 aromatic rings. The second kappa shape index (κ2) is 8.08. The molecular weight excluding hydrogens is 378 g/mol. The molecule has 0 aliphatic carbocycles. The third kappa shape index (κ3) is 3.86. The number of para-hydroxylation sites is 1. The predicted octanol–water partition coefficient (Wildman–Crippen LogP) is 3.90. The zero-order chi connectivity index (χ0) is 21.1. The first-order chi connectivity index (χ1) is 14.5. The van der Waals surface area contributed by atoms with E-state index in [0.717, 1.165) is 5.69 Å². The van der Waals surface area contributed by atoms with Gasteiger partial charge >= 0.3 is 0 Å². The van der Waals surface area contributed by atoms with E-state index >= 15 is 0 Å². The maximum absolute atomic E-state index is 12.9. The van der Waals surface area contributed by atoms with Crippen LogP contribution in [0.5, 0.6) is 0 Å². The van der Waals surface area contributed by atoms with Crippen LogP contribution in [-0.4, -0.2) is 35.3 Å². The quantitative estimate of drug-likeness (QED) is 0.533. The monoisotopic (exact) mass is 399 g/mol. The maximum Gasteiger partial charge on any atom is 0.292 e. The fourth-order valence-electron chi connectivity index (χ4n) is 3.11. The second-order valence-corrected chi connectivity index (χ2v) is 6.96. The van der Waals surface area contributed by atoms with Crippen molar-refractivity contribution in [3.05, 3.63) is 90.5 Å². The summed E-state index contributed by atoms with van der Waals surface area (Å²) >= 11 is 0. The molecule has 7 heteroatoms. The highest BCUT2D eigenvalue weighted by atomic mass is 16.2. The van der Waals surface area contributed by atoms with Crippen LogP contribution in [0, 0.1) is 0 Å². The third-order valence-corrected chi connectivity index (χ3v) is 4.64. The number of nitrogens with zero attached hydrogens (tertiary/aromatic N) is 3. The van der Waals surface area contributed by atoms with Crippen LogP contribution in [-0.2, 0) is 0 Å². The number of fused-ring (bicyclic) bond motifs is 1.